The van der Waals surface area contributed by atoms with Crippen molar-refractivity contribution in [1.29, 1.82) is 0 Å². The first kappa shape index (κ1) is 20.9. The van der Waals surface area contributed by atoms with Gasteiger partial charge in [0.05, 0.1) is 18.4 Å². The first-order valence-corrected chi connectivity index (χ1v) is 8.81. The van der Waals surface area contributed by atoms with Gasteiger partial charge in [-0.3, -0.25) is 9.59 Å². The van der Waals surface area contributed by atoms with Crippen LogP contribution in [0.3, 0.4) is 0 Å². The molecule has 0 radical (unpaired) electrons. The molecule has 8 heteroatoms. The van der Waals surface area contributed by atoms with Crippen molar-refractivity contribution < 1.29 is 27.5 Å². The van der Waals surface area contributed by atoms with Gasteiger partial charge < -0.3 is 15.4 Å². The molecular weight excluding hydrogens is 397 g/mol. The predicted octanol–water partition coefficient (Wildman–Crippen LogP) is 5.22. The van der Waals surface area contributed by atoms with Gasteiger partial charge in [-0.15, -0.1) is 0 Å². The van der Waals surface area contributed by atoms with E-state index in [0.29, 0.717) is 22.7 Å². The Labute approximate surface area is 170 Å². The summed E-state index contributed by atoms with van der Waals surface area (Å²) in [6.45, 7) is 0. The van der Waals surface area contributed by atoms with E-state index >= 15 is 0 Å². The minimum absolute atomic E-state index is 0.122. The van der Waals surface area contributed by atoms with Crippen LogP contribution in [0.15, 0.2) is 72.8 Å². The molecule has 2 N–H and O–H groups in total. The highest BCUT2D eigenvalue weighted by Crippen LogP contribution is 2.29. The van der Waals surface area contributed by atoms with Crippen LogP contribution < -0.4 is 15.4 Å². The Morgan fingerprint density at radius 1 is 0.800 bits per heavy atom. The third-order valence-electron chi connectivity index (χ3n) is 4.21. The number of hydrogen-bond donors (Lipinski definition) is 2. The Kier molecular flexibility index (Phi) is 6.06. The van der Waals surface area contributed by atoms with Crippen LogP contribution in [0.4, 0.5) is 24.5 Å². The quantitative estimate of drug-likeness (QED) is 0.602. The van der Waals surface area contributed by atoms with E-state index in [0.717, 1.165) is 12.1 Å². The number of amides is 2. The van der Waals surface area contributed by atoms with Crippen LogP contribution in [0.25, 0.3) is 0 Å². The lowest BCUT2D eigenvalue weighted by molar-refractivity contribution is -0.137. The normalized spacial score (nSPS) is 10.9. The number of rotatable bonds is 5. The number of benzene rings is 3. The number of anilines is 2. The molecule has 0 fully saturated rings. The lowest BCUT2D eigenvalue weighted by Crippen LogP contribution is -2.15. The molecule has 0 bridgehead atoms. The lowest BCUT2D eigenvalue weighted by Gasteiger charge is -2.11. The number of alkyl halides is 3. The second-order valence-corrected chi connectivity index (χ2v) is 6.26. The molecule has 0 spiro atoms. The zero-order chi connectivity index (χ0) is 21.7. The number of ether oxygens (including phenoxy) is 1. The fourth-order valence-electron chi connectivity index (χ4n) is 2.69. The zero-order valence-electron chi connectivity index (χ0n) is 15.8. The molecule has 0 aliphatic heterocycles. The molecule has 0 aliphatic carbocycles. The van der Waals surface area contributed by atoms with Crippen LogP contribution in [0.1, 0.15) is 26.3 Å². The highest BCUT2D eigenvalue weighted by Gasteiger charge is 2.30. The van der Waals surface area contributed by atoms with Crippen LogP contribution in [-0.2, 0) is 6.18 Å². The van der Waals surface area contributed by atoms with Crippen LogP contribution in [0.5, 0.6) is 5.75 Å². The fourth-order valence-corrected chi connectivity index (χ4v) is 2.69. The maximum atomic E-state index is 12.8. The summed E-state index contributed by atoms with van der Waals surface area (Å²) in [5, 5.41) is 5.24. The highest BCUT2D eigenvalue weighted by molar-refractivity contribution is 6.06. The number of methoxy groups -OCH3 is 1. The molecule has 3 aromatic carbocycles. The molecular formula is C22H17F3N2O3. The molecule has 3 aromatic rings. The van der Waals surface area contributed by atoms with Gasteiger partial charge in [0.25, 0.3) is 11.8 Å². The second-order valence-electron chi connectivity index (χ2n) is 6.26. The Morgan fingerprint density at radius 3 is 2.13 bits per heavy atom. The Hall–Kier alpha value is -3.81. The first-order valence-electron chi connectivity index (χ1n) is 8.81. The molecule has 0 saturated carbocycles. The average Bonchev–Trinajstić information content (AvgIpc) is 2.74. The maximum absolute atomic E-state index is 12.8. The van der Waals surface area contributed by atoms with Gasteiger partial charge in [0.2, 0.25) is 0 Å². The smallest absolute Gasteiger partial charge is 0.416 e. The molecule has 5 nitrogen and oxygen atoms in total. The summed E-state index contributed by atoms with van der Waals surface area (Å²) in [5.74, 6) is -0.557. The highest BCUT2D eigenvalue weighted by atomic mass is 19.4. The second kappa shape index (κ2) is 8.69. The minimum atomic E-state index is -4.53. The predicted molar refractivity (Wildman–Crippen MR) is 107 cm³/mol. The first-order chi connectivity index (χ1) is 14.3. The van der Waals surface area contributed by atoms with Crippen molar-refractivity contribution in [2.45, 2.75) is 6.18 Å². The van der Waals surface area contributed by atoms with E-state index < -0.39 is 17.6 Å². The van der Waals surface area contributed by atoms with E-state index in [1.54, 1.807) is 24.3 Å². The SMILES string of the molecule is COc1ccccc1NC(=O)c1ccc(NC(=O)c2cccc(C(F)(F)F)c2)cc1. The molecule has 0 aromatic heterocycles. The van der Waals surface area contributed by atoms with Gasteiger partial charge in [-0.25, -0.2) is 0 Å². The third kappa shape index (κ3) is 4.96. The standard InChI is InChI=1S/C22H17F3N2O3/c1-30-19-8-3-2-7-18(19)27-20(28)14-9-11-17(12-10-14)26-21(29)15-5-4-6-16(13-15)22(23,24)25/h2-13H,1H3,(H,26,29)(H,27,28). The molecule has 0 atom stereocenters. The summed E-state index contributed by atoms with van der Waals surface area (Å²) in [6, 6.07) is 17.0. The van der Waals surface area contributed by atoms with Crippen molar-refractivity contribution in [3.8, 4) is 5.75 Å². The Morgan fingerprint density at radius 2 is 1.47 bits per heavy atom. The summed E-state index contributed by atoms with van der Waals surface area (Å²) < 4.78 is 43.6. The van der Waals surface area contributed by atoms with E-state index in [-0.39, 0.29) is 11.5 Å². The summed E-state index contributed by atoms with van der Waals surface area (Å²) >= 11 is 0. The minimum Gasteiger partial charge on any atom is -0.495 e. The topological polar surface area (TPSA) is 67.4 Å². The average molecular weight is 414 g/mol. The summed E-state index contributed by atoms with van der Waals surface area (Å²) in [7, 11) is 1.49. The summed E-state index contributed by atoms with van der Waals surface area (Å²) in [4.78, 5) is 24.7. The van der Waals surface area contributed by atoms with Crippen molar-refractivity contribution >= 4 is 23.2 Å². The van der Waals surface area contributed by atoms with Gasteiger partial charge in [-0.05, 0) is 54.6 Å². The van der Waals surface area contributed by atoms with Crippen molar-refractivity contribution in [2.75, 3.05) is 17.7 Å². The summed E-state index contributed by atoms with van der Waals surface area (Å²) in [6.07, 6.45) is -4.53. The van der Waals surface area contributed by atoms with E-state index in [1.807, 2.05) is 0 Å². The van der Waals surface area contributed by atoms with Crippen molar-refractivity contribution in [3.63, 3.8) is 0 Å². The maximum Gasteiger partial charge on any atom is 0.416 e. The molecule has 154 valence electrons. The Bertz CT molecular complexity index is 1060. The number of hydrogen-bond acceptors (Lipinski definition) is 3. The van der Waals surface area contributed by atoms with Crippen molar-refractivity contribution in [1.82, 2.24) is 0 Å². The van der Waals surface area contributed by atoms with E-state index in [4.69, 9.17) is 4.74 Å². The number of halogens is 3. The molecule has 0 heterocycles. The third-order valence-corrected chi connectivity index (χ3v) is 4.21. The monoisotopic (exact) mass is 414 g/mol. The number of nitrogens with one attached hydrogen (secondary N) is 2. The molecule has 0 unspecified atom stereocenters. The molecule has 0 saturated heterocycles. The van der Waals surface area contributed by atoms with Gasteiger partial charge >= 0.3 is 6.18 Å². The van der Waals surface area contributed by atoms with Crippen molar-refractivity contribution in [2.24, 2.45) is 0 Å². The number of carbonyl (C=O) groups is 2. The molecule has 2 amide bonds. The summed E-state index contributed by atoms with van der Waals surface area (Å²) in [5.41, 5.74) is 0.150. The van der Waals surface area contributed by atoms with Gasteiger partial charge in [0, 0.05) is 16.8 Å². The van der Waals surface area contributed by atoms with E-state index in [9.17, 15) is 22.8 Å². The number of para-hydroxylation sites is 2. The molecule has 30 heavy (non-hydrogen) atoms. The van der Waals surface area contributed by atoms with Gasteiger partial charge in [-0.2, -0.15) is 13.2 Å². The Balaban J connectivity index is 1.68. The van der Waals surface area contributed by atoms with E-state index in [1.165, 1.54) is 43.5 Å². The van der Waals surface area contributed by atoms with Crippen LogP contribution in [-0.4, -0.2) is 18.9 Å². The molecule has 0 aliphatic rings. The van der Waals surface area contributed by atoms with Crippen LogP contribution >= 0.6 is 0 Å². The largest absolute Gasteiger partial charge is 0.495 e. The van der Waals surface area contributed by atoms with Crippen molar-refractivity contribution in [3.05, 3.63) is 89.5 Å². The fraction of sp³-hybridized carbons (Fsp3) is 0.0909. The van der Waals surface area contributed by atoms with Crippen LogP contribution in [0, 0.1) is 0 Å². The van der Waals surface area contributed by atoms with E-state index in [2.05, 4.69) is 10.6 Å². The van der Waals surface area contributed by atoms with Gasteiger partial charge in [0.15, 0.2) is 0 Å². The van der Waals surface area contributed by atoms with Gasteiger partial charge in [-0.1, -0.05) is 18.2 Å². The number of carbonyl (C=O) groups excluding carboxylic acids is 2. The lowest BCUT2D eigenvalue weighted by atomic mass is 10.1. The van der Waals surface area contributed by atoms with Crippen LogP contribution in [0.2, 0.25) is 0 Å². The zero-order valence-corrected chi connectivity index (χ0v) is 15.8. The molecule has 3 rings (SSSR count). The van der Waals surface area contributed by atoms with Gasteiger partial charge in [0.1, 0.15) is 5.75 Å².